The van der Waals surface area contributed by atoms with E-state index in [2.05, 4.69) is 19.3 Å². The quantitative estimate of drug-likeness (QED) is 0.218. The maximum absolute atomic E-state index is 12.1. The summed E-state index contributed by atoms with van der Waals surface area (Å²) in [5, 5.41) is 0. The molecule has 32 heavy (non-hydrogen) atoms. The lowest BCUT2D eigenvalue weighted by Gasteiger charge is -2.26. The second-order valence-electron chi connectivity index (χ2n) is 6.51. The first kappa shape index (κ1) is 26.8. The van der Waals surface area contributed by atoms with E-state index < -0.39 is 47.6 Å². The van der Waals surface area contributed by atoms with E-state index in [-0.39, 0.29) is 18.7 Å². The monoisotopic (exact) mass is 517 g/mol. The predicted octanol–water partition coefficient (Wildman–Crippen LogP) is 1.34. The number of anilines is 1. The van der Waals surface area contributed by atoms with Crippen molar-refractivity contribution in [3.8, 4) is 0 Å². The molecule has 0 spiro atoms. The highest BCUT2D eigenvalue weighted by Gasteiger charge is 2.45. The normalized spacial score (nSPS) is 24.8. The molecule has 1 aromatic heterocycles. The first-order chi connectivity index (χ1) is 14.7. The molecule has 2 heterocycles. The molecular weight excluding hydrogens is 495 g/mol. The van der Waals surface area contributed by atoms with Crippen molar-refractivity contribution in [2.45, 2.75) is 38.0 Å². The number of hydrogen-bond donors (Lipinski definition) is 5. The Morgan fingerprint density at radius 2 is 2.00 bits per heavy atom. The molecule has 4 unspecified atom stereocenters. The van der Waals surface area contributed by atoms with Crippen LogP contribution in [0.15, 0.2) is 34.9 Å². The van der Waals surface area contributed by atoms with E-state index in [4.69, 9.17) is 24.8 Å². The fraction of sp³-hybridized carbons (Fsp3) is 0.500. The molecule has 1 fully saturated rings. The summed E-state index contributed by atoms with van der Waals surface area (Å²) in [4.78, 5) is 51.8. The van der Waals surface area contributed by atoms with Gasteiger partial charge in [0.15, 0.2) is 0 Å². The lowest BCUT2D eigenvalue weighted by atomic mass is 10.0. The number of phosphoric ester groups is 1. The summed E-state index contributed by atoms with van der Waals surface area (Å²) in [5.74, 6) is 0.00828. The van der Waals surface area contributed by atoms with Crippen LogP contribution in [0.4, 0.5) is 5.82 Å². The standard InChI is InChI=1S/C14H22N3O12P3/c1-2-3-4-7-14(8-5-12(27-14)17-9-6-11(15)16-13(17)18)10-26-31(22,23)29-32(24,25)28-30(19,20)21/h3,6-7,9,12H,2,5,8,10H2,1H3,(H,22,23)(H,24,25)(H2,15,16,18)(H2,19,20,21). The van der Waals surface area contributed by atoms with Gasteiger partial charge in [-0.3, -0.25) is 9.09 Å². The lowest BCUT2D eigenvalue weighted by Crippen LogP contribution is -2.34. The van der Waals surface area contributed by atoms with Gasteiger partial charge in [0.25, 0.3) is 0 Å². The van der Waals surface area contributed by atoms with Gasteiger partial charge in [0.05, 0.1) is 6.61 Å². The molecule has 0 radical (unpaired) electrons. The number of nitrogens with two attached hydrogens (primary N) is 1. The van der Waals surface area contributed by atoms with Gasteiger partial charge in [-0.15, -0.1) is 5.73 Å². The number of rotatable bonds is 10. The van der Waals surface area contributed by atoms with Crippen molar-refractivity contribution in [2.24, 2.45) is 0 Å². The largest absolute Gasteiger partial charge is 0.490 e. The Balaban J connectivity index is 2.20. The summed E-state index contributed by atoms with van der Waals surface area (Å²) >= 11 is 0. The molecule has 180 valence electrons. The second-order valence-corrected chi connectivity index (χ2v) is 10.9. The third kappa shape index (κ3) is 8.17. The smallest absolute Gasteiger partial charge is 0.383 e. The molecule has 0 aromatic carbocycles. The molecule has 4 atom stereocenters. The summed E-state index contributed by atoms with van der Waals surface area (Å²) in [6.07, 6.45) is 4.54. The predicted molar refractivity (Wildman–Crippen MR) is 108 cm³/mol. The Labute approximate surface area is 181 Å². The minimum absolute atomic E-state index is 0.00828. The highest BCUT2D eigenvalue weighted by molar-refractivity contribution is 7.66. The number of hydrogen-bond acceptors (Lipinski definition) is 10. The van der Waals surface area contributed by atoms with E-state index in [0.29, 0.717) is 6.42 Å². The van der Waals surface area contributed by atoms with Gasteiger partial charge in [-0.05, 0) is 37.5 Å². The van der Waals surface area contributed by atoms with Crippen molar-refractivity contribution < 1.29 is 51.2 Å². The van der Waals surface area contributed by atoms with Crippen molar-refractivity contribution in [3.05, 3.63) is 40.6 Å². The zero-order valence-corrected chi connectivity index (χ0v) is 19.3. The van der Waals surface area contributed by atoms with Crippen molar-refractivity contribution >= 4 is 29.3 Å². The van der Waals surface area contributed by atoms with Crippen molar-refractivity contribution in [3.63, 3.8) is 0 Å². The van der Waals surface area contributed by atoms with Crippen LogP contribution in [0.25, 0.3) is 0 Å². The SMILES string of the molecule is CCC=C=CC1(COP(=O)(O)OP(=O)(O)OP(=O)(O)O)CCC(n2ccc(N)nc2=O)O1. The van der Waals surface area contributed by atoms with Gasteiger partial charge in [0.1, 0.15) is 17.6 Å². The first-order valence-electron chi connectivity index (χ1n) is 8.89. The van der Waals surface area contributed by atoms with Gasteiger partial charge in [-0.1, -0.05) is 6.92 Å². The van der Waals surface area contributed by atoms with E-state index in [9.17, 15) is 28.3 Å². The molecule has 1 aliphatic heterocycles. The Bertz CT molecular complexity index is 1090. The molecule has 0 bridgehead atoms. The van der Waals surface area contributed by atoms with Crippen molar-refractivity contribution in [1.29, 1.82) is 0 Å². The maximum Gasteiger partial charge on any atom is 0.490 e. The van der Waals surface area contributed by atoms with Gasteiger partial charge in [-0.2, -0.15) is 13.6 Å². The third-order valence-electron chi connectivity index (χ3n) is 3.90. The van der Waals surface area contributed by atoms with Crippen LogP contribution in [0.1, 0.15) is 32.4 Å². The average Bonchev–Trinajstić information content (AvgIpc) is 3.02. The number of ether oxygens (including phenoxy) is 1. The molecule has 1 aromatic rings. The number of nitrogen functional groups attached to an aromatic ring is 1. The lowest BCUT2D eigenvalue weighted by molar-refractivity contribution is -0.0692. The molecule has 0 amide bonds. The Morgan fingerprint density at radius 1 is 1.31 bits per heavy atom. The van der Waals surface area contributed by atoms with E-state index in [0.717, 1.165) is 4.57 Å². The van der Waals surface area contributed by atoms with Crippen molar-refractivity contribution in [2.75, 3.05) is 12.3 Å². The van der Waals surface area contributed by atoms with Crippen LogP contribution in [-0.2, 0) is 31.6 Å². The minimum Gasteiger partial charge on any atom is -0.383 e. The van der Waals surface area contributed by atoms with Crippen LogP contribution < -0.4 is 11.4 Å². The molecule has 15 nitrogen and oxygen atoms in total. The van der Waals surface area contributed by atoms with Crippen molar-refractivity contribution in [1.82, 2.24) is 9.55 Å². The maximum atomic E-state index is 12.1. The fourth-order valence-electron chi connectivity index (χ4n) is 2.67. The van der Waals surface area contributed by atoms with E-state index in [1.54, 1.807) is 6.08 Å². The number of nitrogens with zero attached hydrogens (tertiary/aromatic N) is 2. The molecular formula is C14H22N3O12P3. The molecule has 0 aliphatic carbocycles. The van der Waals surface area contributed by atoms with Crippen LogP contribution in [0, 0.1) is 0 Å². The summed E-state index contributed by atoms with van der Waals surface area (Å²) in [7, 11) is -16.5. The summed E-state index contributed by atoms with van der Waals surface area (Å²) in [6.45, 7) is 1.12. The highest BCUT2D eigenvalue weighted by atomic mass is 31.3. The fourth-order valence-corrected chi connectivity index (χ4v) is 5.75. The number of phosphoric acid groups is 3. The molecule has 6 N–H and O–H groups in total. The summed E-state index contributed by atoms with van der Waals surface area (Å²) in [6, 6.07) is 1.38. The third-order valence-corrected chi connectivity index (χ3v) is 7.69. The molecule has 18 heteroatoms. The summed E-state index contributed by atoms with van der Waals surface area (Å²) < 4.78 is 53.4. The highest BCUT2D eigenvalue weighted by Crippen LogP contribution is 2.66. The second kappa shape index (κ2) is 10.2. The Hall–Kier alpha value is -1.43. The average molecular weight is 517 g/mol. The van der Waals surface area contributed by atoms with Crippen LogP contribution in [0.2, 0.25) is 0 Å². The molecule has 1 saturated heterocycles. The van der Waals surface area contributed by atoms with E-state index >= 15 is 0 Å². The van der Waals surface area contributed by atoms with Gasteiger partial charge >= 0.3 is 29.2 Å². The van der Waals surface area contributed by atoms with Gasteiger partial charge in [-0.25, -0.2) is 18.5 Å². The Morgan fingerprint density at radius 3 is 2.59 bits per heavy atom. The molecule has 0 saturated carbocycles. The van der Waals surface area contributed by atoms with Gasteiger partial charge < -0.3 is 30.0 Å². The number of aromatic nitrogens is 2. The summed E-state index contributed by atoms with van der Waals surface area (Å²) in [5.41, 5.74) is 6.17. The minimum atomic E-state index is -5.66. The van der Waals surface area contributed by atoms with Crippen LogP contribution in [0.5, 0.6) is 0 Å². The van der Waals surface area contributed by atoms with Crippen LogP contribution >= 0.6 is 23.5 Å². The van der Waals surface area contributed by atoms with Gasteiger partial charge in [0, 0.05) is 6.20 Å². The molecule has 2 rings (SSSR count). The van der Waals surface area contributed by atoms with E-state index in [1.165, 1.54) is 18.3 Å². The Kier molecular flexibility index (Phi) is 8.58. The van der Waals surface area contributed by atoms with Gasteiger partial charge in [0.2, 0.25) is 0 Å². The molecule has 1 aliphatic rings. The zero-order chi connectivity index (χ0) is 24.2. The zero-order valence-electron chi connectivity index (χ0n) is 16.6. The first-order valence-corrected chi connectivity index (χ1v) is 13.4. The van der Waals surface area contributed by atoms with Crippen LogP contribution in [0.3, 0.4) is 0 Å². The topological polar surface area (TPSA) is 230 Å². The van der Waals surface area contributed by atoms with Crippen LogP contribution in [-0.4, -0.2) is 41.3 Å². The van der Waals surface area contributed by atoms with E-state index in [1.807, 2.05) is 6.92 Å².